The fourth-order valence-electron chi connectivity index (χ4n) is 2.90. The van der Waals surface area contributed by atoms with Crippen molar-refractivity contribution in [3.8, 4) is 11.6 Å². The number of nitrogens with zero attached hydrogens (tertiary/aromatic N) is 3. The maximum atomic E-state index is 6.05. The Morgan fingerprint density at radius 2 is 2.21 bits per heavy atom. The zero-order valence-corrected chi connectivity index (χ0v) is 10.1. The predicted octanol–water partition coefficient (Wildman–Crippen LogP) is 2.40. The summed E-state index contributed by atoms with van der Waals surface area (Å²) in [7, 11) is 0. The summed E-state index contributed by atoms with van der Waals surface area (Å²) in [4.78, 5) is 4.43. The first-order chi connectivity index (χ1) is 9.42. The molecule has 0 amide bonds. The van der Waals surface area contributed by atoms with Gasteiger partial charge in [-0.3, -0.25) is 4.40 Å². The van der Waals surface area contributed by atoms with Crippen LogP contribution < -0.4 is 4.57 Å². The van der Waals surface area contributed by atoms with Crippen LogP contribution in [0.4, 0.5) is 0 Å². The van der Waals surface area contributed by atoms with Gasteiger partial charge in [0.2, 0.25) is 0 Å². The summed E-state index contributed by atoms with van der Waals surface area (Å²) in [6.07, 6.45) is 3.84. The SMILES string of the molecule is c1cnc2c(c1)C[n+]1c-2oc2c1cc1ccccn12. The van der Waals surface area contributed by atoms with Crippen molar-refractivity contribution >= 4 is 16.7 Å². The van der Waals surface area contributed by atoms with Gasteiger partial charge in [0.1, 0.15) is 0 Å². The second-order valence-electron chi connectivity index (χ2n) is 4.83. The first-order valence-corrected chi connectivity index (χ1v) is 6.28. The van der Waals surface area contributed by atoms with Crippen molar-refractivity contribution < 1.29 is 8.98 Å². The number of aromatic nitrogens is 3. The number of fused-ring (bicyclic) bond motifs is 7. The van der Waals surface area contributed by atoms with Crippen molar-refractivity contribution in [2.75, 3.05) is 0 Å². The summed E-state index contributed by atoms with van der Waals surface area (Å²) in [5.74, 6) is 0.860. The third kappa shape index (κ3) is 1.04. The van der Waals surface area contributed by atoms with Gasteiger partial charge in [0.05, 0.1) is 11.1 Å². The van der Waals surface area contributed by atoms with Crippen LogP contribution >= 0.6 is 0 Å². The van der Waals surface area contributed by atoms with Crippen molar-refractivity contribution in [3.63, 3.8) is 0 Å². The molecular weight excluding hydrogens is 238 g/mol. The molecule has 1 aliphatic heterocycles. The van der Waals surface area contributed by atoms with Gasteiger partial charge in [0, 0.05) is 18.5 Å². The Labute approximate surface area is 108 Å². The lowest BCUT2D eigenvalue weighted by atomic mass is 10.2. The largest absolute Gasteiger partial charge is 0.402 e. The lowest BCUT2D eigenvalue weighted by Gasteiger charge is -1.91. The Morgan fingerprint density at radius 1 is 1.21 bits per heavy atom. The van der Waals surface area contributed by atoms with Crippen molar-refractivity contribution in [3.05, 3.63) is 54.4 Å². The monoisotopic (exact) mass is 248 g/mol. The van der Waals surface area contributed by atoms with E-state index in [2.05, 4.69) is 32.2 Å². The molecule has 90 valence electrons. The summed E-state index contributed by atoms with van der Waals surface area (Å²) in [5, 5.41) is 0. The molecule has 4 aromatic rings. The average molecular weight is 248 g/mol. The summed E-state index contributed by atoms with van der Waals surface area (Å²) in [5.41, 5.74) is 5.35. The number of pyridine rings is 2. The molecule has 0 atom stereocenters. The molecule has 19 heavy (non-hydrogen) atoms. The van der Waals surface area contributed by atoms with Crippen molar-refractivity contribution in [2.45, 2.75) is 6.54 Å². The van der Waals surface area contributed by atoms with Crippen LogP contribution in [0, 0.1) is 0 Å². The minimum Gasteiger partial charge on any atom is -0.379 e. The van der Waals surface area contributed by atoms with Gasteiger partial charge in [-0.25, -0.2) is 4.98 Å². The average Bonchev–Trinajstić information content (AvgIpc) is 3.07. The molecule has 0 N–H and O–H groups in total. The summed E-state index contributed by atoms with van der Waals surface area (Å²) >= 11 is 0. The zero-order valence-electron chi connectivity index (χ0n) is 10.1. The van der Waals surface area contributed by atoms with E-state index < -0.39 is 0 Å². The number of hydrogen-bond donors (Lipinski definition) is 0. The van der Waals surface area contributed by atoms with E-state index in [0.717, 1.165) is 34.9 Å². The van der Waals surface area contributed by atoms with Gasteiger partial charge < -0.3 is 4.42 Å². The first kappa shape index (κ1) is 9.33. The molecule has 5 rings (SSSR count). The van der Waals surface area contributed by atoms with Crippen LogP contribution in [0.1, 0.15) is 5.56 Å². The van der Waals surface area contributed by atoms with Crippen LogP contribution in [0.5, 0.6) is 0 Å². The maximum absolute atomic E-state index is 6.05. The van der Waals surface area contributed by atoms with Gasteiger partial charge in [-0.2, -0.15) is 0 Å². The Balaban J connectivity index is 1.93. The predicted molar refractivity (Wildman–Crippen MR) is 69.7 cm³/mol. The van der Waals surface area contributed by atoms with E-state index in [9.17, 15) is 0 Å². The van der Waals surface area contributed by atoms with Crippen LogP contribution in [0.15, 0.2) is 53.2 Å². The Bertz CT molecular complexity index is 949. The molecule has 4 heteroatoms. The van der Waals surface area contributed by atoms with E-state index in [-0.39, 0.29) is 0 Å². The second kappa shape index (κ2) is 3.03. The van der Waals surface area contributed by atoms with E-state index in [4.69, 9.17) is 4.42 Å². The maximum Gasteiger partial charge on any atom is 0.402 e. The van der Waals surface area contributed by atoms with Crippen molar-refractivity contribution in [1.82, 2.24) is 9.38 Å². The summed E-state index contributed by atoms with van der Waals surface area (Å²) < 4.78 is 10.3. The standard InChI is InChI=1S/C15H10N3O/c1-2-7-17-11(5-1)8-12-14(17)19-15-13-10(9-18(12)15)4-3-6-16-13/h1-8H,9H2/q+1. The van der Waals surface area contributed by atoms with Gasteiger partial charge in [0.15, 0.2) is 12.2 Å². The lowest BCUT2D eigenvalue weighted by Crippen LogP contribution is -2.30. The highest BCUT2D eigenvalue weighted by atomic mass is 16.4. The van der Waals surface area contributed by atoms with Crippen LogP contribution in [-0.2, 0) is 6.54 Å². The highest BCUT2D eigenvalue weighted by molar-refractivity contribution is 5.78. The van der Waals surface area contributed by atoms with Gasteiger partial charge >= 0.3 is 5.89 Å². The number of rotatable bonds is 0. The van der Waals surface area contributed by atoms with E-state index in [1.807, 2.05) is 30.6 Å². The minimum atomic E-state index is 0.836. The summed E-state index contributed by atoms with van der Waals surface area (Å²) in [6, 6.07) is 12.4. The number of oxazole rings is 1. The van der Waals surface area contributed by atoms with Crippen molar-refractivity contribution in [1.29, 1.82) is 0 Å². The molecule has 0 aromatic carbocycles. The van der Waals surface area contributed by atoms with E-state index in [0.29, 0.717) is 0 Å². The molecule has 1 aliphatic rings. The number of hydrogen-bond acceptors (Lipinski definition) is 2. The molecule has 5 heterocycles. The fraction of sp³-hybridized carbons (Fsp3) is 0.0667. The topological polar surface area (TPSA) is 34.3 Å². The van der Waals surface area contributed by atoms with Gasteiger partial charge in [-0.05, 0) is 24.3 Å². The second-order valence-corrected chi connectivity index (χ2v) is 4.83. The van der Waals surface area contributed by atoms with E-state index >= 15 is 0 Å². The normalized spacial score (nSPS) is 13.1. The molecule has 0 unspecified atom stereocenters. The zero-order chi connectivity index (χ0) is 12.4. The molecule has 0 spiro atoms. The Kier molecular flexibility index (Phi) is 1.49. The molecule has 0 aliphatic carbocycles. The Morgan fingerprint density at radius 3 is 3.21 bits per heavy atom. The Hall–Kier alpha value is -2.62. The smallest absolute Gasteiger partial charge is 0.379 e. The fourth-order valence-corrected chi connectivity index (χ4v) is 2.90. The highest BCUT2D eigenvalue weighted by Crippen LogP contribution is 2.30. The molecule has 0 saturated carbocycles. The van der Waals surface area contributed by atoms with Crippen LogP contribution in [0.3, 0.4) is 0 Å². The van der Waals surface area contributed by atoms with Crippen LogP contribution in [0.25, 0.3) is 28.3 Å². The molecule has 4 aromatic heterocycles. The molecule has 0 fully saturated rings. The van der Waals surface area contributed by atoms with Gasteiger partial charge in [-0.1, -0.05) is 6.07 Å². The van der Waals surface area contributed by atoms with Gasteiger partial charge in [-0.15, -0.1) is 4.57 Å². The lowest BCUT2D eigenvalue weighted by molar-refractivity contribution is -0.649. The van der Waals surface area contributed by atoms with Crippen LogP contribution in [0.2, 0.25) is 0 Å². The molecule has 0 saturated heterocycles. The molecule has 0 bridgehead atoms. The van der Waals surface area contributed by atoms with E-state index in [1.165, 1.54) is 5.56 Å². The minimum absolute atomic E-state index is 0.836. The quantitative estimate of drug-likeness (QED) is 0.394. The third-order valence-electron chi connectivity index (χ3n) is 3.77. The molecule has 0 radical (unpaired) electrons. The summed E-state index contributed by atoms with van der Waals surface area (Å²) in [6.45, 7) is 0.836. The van der Waals surface area contributed by atoms with Gasteiger partial charge in [0.25, 0.3) is 11.2 Å². The van der Waals surface area contributed by atoms with E-state index in [1.54, 1.807) is 0 Å². The van der Waals surface area contributed by atoms with Crippen LogP contribution in [-0.4, -0.2) is 9.38 Å². The van der Waals surface area contributed by atoms with Crippen molar-refractivity contribution in [2.24, 2.45) is 0 Å². The first-order valence-electron chi connectivity index (χ1n) is 6.28. The third-order valence-corrected chi connectivity index (χ3v) is 3.77. The molecular formula is C15H10N3O+. The molecule has 4 nitrogen and oxygen atoms in total. The highest BCUT2D eigenvalue weighted by Gasteiger charge is 2.36.